The molecule has 0 saturated heterocycles. The summed E-state index contributed by atoms with van der Waals surface area (Å²) in [5, 5.41) is 0.706. The van der Waals surface area contributed by atoms with Crippen LogP contribution in [0.2, 0.25) is 5.02 Å². The smallest absolute Gasteiger partial charge is 0.416 e. The van der Waals surface area contributed by atoms with Gasteiger partial charge in [-0.05, 0) is 24.1 Å². The zero-order valence-electron chi connectivity index (χ0n) is 8.21. The summed E-state index contributed by atoms with van der Waals surface area (Å²) in [6, 6.07) is 5.83. The Morgan fingerprint density at radius 1 is 1.47 bits per heavy atom. The number of aromatic nitrogens is 1. The van der Waals surface area contributed by atoms with Gasteiger partial charge < -0.3 is 4.42 Å². The number of rotatable bonds is 2. The van der Waals surface area contributed by atoms with Crippen molar-refractivity contribution < 1.29 is 4.42 Å². The Bertz CT molecular complexity index is 527. The van der Waals surface area contributed by atoms with Crippen LogP contribution in [0.1, 0.15) is 16.8 Å². The molecule has 0 spiro atoms. The van der Waals surface area contributed by atoms with Crippen molar-refractivity contribution >= 4 is 11.6 Å². The second-order valence-corrected chi connectivity index (χ2v) is 3.85. The van der Waals surface area contributed by atoms with Crippen molar-refractivity contribution in [2.45, 2.75) is 13.3 Å². The third kappa shape index (κ3) is 2.30. The first-order chi connectivity index (χ1) is 7.15. The molecule has 0 amide bonds. The van der Waals surface area contributed by atoms with Crippen molar-refractivity contribution in [3.8, 4) is 0 Å². The number of halogens is 1. The van der Waals surface area contributed by atoms with Gasteiger partial charge in [0.15, 0.2) is 0 Å². The topological polar surface area (TPSA) is 46.0 Å². The molecule has 1 aromatic heterocycles. The van der Waals surface area contributed by atoms with Gasteiger partial charge in [0, 0.05) is 11.4 Å². The van der Waals surface area contributed by atoms with Crippen LogP contribution < -0.4 is 5.76 Å². The Hall–Kier alpha value is -1.48. The maximum atomic E-state index is 10.8. The Kier molecular flexibility index (Phi) is 2.64. The van der Waals surface area contributed by atoms with Crippen molar-refractivity contribution in [1.82, 2.24) is 4.98 Å². The third-order valence-corrected chi connectivity index (χ3v) is 2.51. The Morgan fingerprint density at radius 3 is 2.87 bits per heavy atom. The molecule has 3 nitrogen and oxygen atoms in total. The van der Waals surface area contributed by atoms with E-state index in [1.54, 1.807) is 0 Å². The molecule has 1 heterocycles. The van der Waals surface area contributed by atoms with E-state index in [9.17, 15) is 4.79 Å². The van der Waals surface area contributed by atoms with Crippen LogP contribution in [0, 0.1) is 6.92 Å². The van der Waals surface area contributed by atoms with Gasteiger partial charge in [-0.1, -0.05) is 23.7 Å². The summed E-state index contributed by atoms with van der Waals surface area (Å²) in [6.07, 6.45) is 1.99. The SMILES string of the molecule is Cc1ccc(Cc2coc(=O)[nH]2)c(Cl)c1. The molecule has 0 radical (unpaired) electrons. The van der Waals surface area contributed by atoms with E-state index in [1.165, 1.54) is 6.26 Å². The largest absolute Gasteiger partial charge is 0.416 e. The summed E-state index contributed by atoms with van der Waals surface area (Å²) in [5.41, 5.74) is 2.81. The Balaban J connectivity index is 2.28. The van der Waals surface area contributed by atoms with Gasteiger partial charge in [0.25, 0.3) is 0 Å². The average Bonchev–Trinajstić information content (AvgIpc) is 2.56. The summed E-state index contributed by atoms with van der Waals surface area (Å²) < 4.78 is 4.65. The molecule has 2 aromatic rings. The molecule has 1 N–H and O–H groups in total. The van der Waals surface area contributed by atoms with Crippen LogP contribution in [0.5, 0.6) is 0 Å². The van der Waals surface area contributed by atoms with Crippen molar-refractivity contribution in [2.24, 2.45) is 0 Å². The molecule has 0 fully saturated rings. The fourth-order valence-corrected chi connectivity index (χ4v) is 1.70. The number of nitrogens with one attached hydrogen (secondary N) is 1. The molecule has 15 heavy (non-hydrogen) atoms. The first kappa shape index (κ1) is 10.1. The van der Waals surface area contributed by atoms with Crippen molar-refractivity contribution in [3.05, 3.63) is 56.9 Å². The Morgan fingerprint density at radius 2 is 2.27 bits per heavy atom. The standard InChI is InChI=1S/C11H10ClNO2/c1-7-2-3-8(10(12)4-7)5-9-6-15-11(14)13-9/h2-4,6H,5H2,1H3,(H,13,14). The zero-order chi connectivity index (χ0) is 10.8. The number of aromatic amines is 1. The van der Waals surface area contributed by atoms with Gasteiger partial charge in [-0.15, -0.1) is 0 Å². The van der Waals surface area contributed by atoms with Crippen molar-refractivity contribution in [2.75, 3.05) is 0 Å². The molecule has 0 unspecified atom stereocenters. The number of oxazole rings is 1. The molecule has 2 rings (SSSR count). The van der Waals surface area contributed by atoms with Gasteiger partial charge in [0.1, 0.15) is 6.26 Å². The van der Waals surface area contributed by atoms with Crippen molar-refractivity contribution in [1.29, 1.82) is 0 Å². The highest BCUT2D eigenvalue weighted by molar-refractivity contribution is 6.31. The minimum absolute atomic E-state index is 0.437. The van der Waals surface area contributed by atoms with Crippen molar-refractivity contribution in [3.63, 3.8) is 0 Å². The first-order valence-corrected chi connectivity index (χ1v) is 4.94. The molecular formula is C11H10ClNO2. The summed E-state index contributed by atoms with van der Waals surface area (Å²) in [5.74, 6) is -0.437. The minimum Gasteiger partial charge on any atom is -0.416 e. The predicted molar refractivity (Wildman–Crippen MR) is 58.3 cm³/mol. The van der Waals surface area contributed by atoms with E-state index in [0.29, 0.717) is 11.4 Å². The normalized spacial score (nSPS) is 10.5. The van der Waals surface area contributed by atoms with Gasteiger partial charge >= 0.3 is 5.76 Å². The maximum Gasteiger partial charge on any atom is 0.416 e. The number of hydrogen-bond acceptors (Lipinski definition) is 2. The highest BCUT2D eigenvalue weighted by Gasteiger charge is 2.04. The summed E-state index contributed by atoms with van der Waals surface area (Å²) in [4.78, 5) is 13.3. The van der Waals surface area contributed by atoms with Crippen LogP contribution >= 0.6 is 11.6 Å². The molecular weight excluding hydrogens is 214 g/mol. The van der Waals surface area contributed by atoms with Crippen LogP contribution in [0.4, 0.5) is 0 Å². The number of aryl methyl sites for hydroxylation is 1. The van der Waals surface area contributed by atoms with Gasteiger partial charge in [-0.25, -0.2) is 4.79 Å². The lowest BCUT2D eigenvalue weighted by Gasteiger charge is -2.02. The summed E-state index contributed by atoms with van der Waals surface area (Å²) in [7, 11) is 0. The van der Waals surface area contributed by atoms with E-state index in [0.717, 1.165) is 16.8 Å². The lowest BCUT2D eigenvalue weighted by molar-refractivity contribution is 0.514. The zero-order valence-corrected chi connectivity index (χ0v) is 8.97. The Labute approximate surface area is 91.7 Å². The molecule has 0 aliphatic rings. The van der Waals surface area contributed by atoms with E-state index in [-0.39, 0.29) is 0 Å². The monoisotopic (exact) mass is 223 g/mol. The fourth-order valence-electron chi connectivity index (χ4n) is 1.40. The van der Waals surface area contributed by atoms with Gasteiger partial charge in [0.05, 0.1) is 5.69 Å². The van der Waals surface area contributed by atoms with Crippen LogP contribution in [-0.2, 0) is 6.42 Å². The van der Waals surface area contributed by atoms with E-state index in [1.807, 2.05) is 25.1 Å². The molecule has 0 saturated carbocycles. The molecule has 4 heteroatoms. The average molecular weight is 224 g/mol. The molecule has 0 aliphatic heterocycles. The van der Waals surface area contributed by atoms with E-state index < -0.39 is 5.76 Å². The second kappa shape index (κ2) is 3.95. The summed E-state index contributed by atoms with van der Waals surface area (Å²) in [6.45, 7) is 1.98. The first-order valence-electron chi connectivity index (χ1n) is 4.57. The van der Waals surface area contributed by atoms with Gasteiger partial charge in [-0.2, -0.15) is 0 Å². The maximum absolute atomic E-state index is 10.8. The number of benzene rings is 1. The van der Waals surface area contributed by atoms with Crippen LogP contribution in [0.3, 0.4) is 0 Å². The molecule has 0 aliphatic carbocycles. The van der Waals surface area contributed by atoms with E-state index in [2.05, 4.69) is 9.40 Å². The lowest BCUT2D eigenvalue weighted by Crippen LogP contribution is -1.98. The van der Waals surface area contributed by atoms with E-state index in [4.69, 9.17) is 11.6 Å². The minimum atomic E-state index is -0.437. The van der Waals surface area contributed by atoms with Gasteiger partial charge in [-0.3, -0.25) is 4.98 Å². The number of H-pyrrole nitrogens is 1. The van der Waals surface area contributed by atoms with Crippen LogP contribution in [0.15, 0.2) is 33.7 Å². The van der Waals surface area contributed by atoms with E-state index >= 15 is 0 Å². The quantitative estimate of drug-likeness (QED) is 0.851. The highest BCUT2D eigenvalue weighted by atomic mass is 35.5. The summed E-state index contributed by atoms with van der Waals surface area (Å²) >= 11 is 6.06. The molecule has 0 atom stereocenters. The van der Waals surface area contributed by atoms with Crippen LogP contribution in [0.25, 0.3) is 0 Å². The number of hydrogen-bond donors (Lipinski definition) is 1. The molecule has 78 valence electrons. The lowest BCUT2D eigenvalue weighted by atomic mass is 10.1. The second-order valence-electron chi connectivity index (χ2n) is 3.45. The molecule has 0 bridgehead atoms. The highest BCUT2D eigenvalue weighted by Crippen LogP contribution is 2.19. The fraction of sp³-hybridized carbons (Fsp3) is 0.182. The predicted octanol–water partition coefficient (Wildman–Crippen LogP) is 2.52. The van der Waals surface area contributed by atoms with Crippen LogP contribution in [-0.4, -0.2) is 4.98 Å². The third-order valence-electron chi connectivity index (χ3n) is 2.16. The van der Waals surface area contributed by atoms with Gasteiger partial charge in [0.2, 0.25) is 0 Å². The molecule has 1 aromatic carbocycles.